The van der Waals surface area contributed by atoms with Gasteiger partial charge in [0.1, 0.15) is 0 Å². The monoisotopic (exact) mass is 166 g/mol. The highest BCUT2D eigenvalue weighted by Gasteiger charge is 2.28. The second-order valence-corrected chi connectivity index (χ2v) is 4.54. The first-order valence-electron chi connectivity index (χ1n) is 4.70. The van der Waals surface area contributed by atoms with E-state index in [1.54, 1.807) is 0 Å². The van der Waals surface area contributed by atoms with E-state index in [-0.39, 0.29) is 5.41 Å². The Kier molecular flexibility index (Phi) is 2.74. The number of rotatable bonds is 3. The Bertz CT molecular complexity index is 191. The zero-order valence-corrected chi connectivity index (χ0v) is 8.22. The molecule has 2 heteroatoms. The second kappa shape index (κ2) is 3.45. The minimum Gasteiger partial charge on any atom is -0.312 e. The minimum atomic E-state index is -0.213. The largest absolute Gasteiger partial charge is 0.312 e. The van der Waals surface area contributed by atoms with E-state index in [4.69, 9.17) is 5.26 Å². The third kappa shape index (κ3) is 2.22. The number of nitrogens with zero attached hydrogens (tertiary/aromatic N) is 1. The summed E-state index contributed by atoms with van der Waals surface area (Å²) in [5.74, 6) is 0.805. The minimum absolute atomic E-state index is 0.213. The highest BCUT2D eigenvalue weighted by atomic mass is 14.9. The van der Waals surface area contributed by atoms with Crippen molar-refractivity contribution in [1.29, 1.82) is 5.26 Å². The van der Waals surface area contributed by atoms with Gasteiger partial charge in [-0.1, -0.05) is 6.92 Å². The average Bonchev–Trinajstić information content (AvgIpc) is 2.02. The van der Waals surface area contributed by atoms with Gasteiger partial charge >= 0.3 is 0 Å². The van der Waals surface area contributed by atoms with Crippen molar-refractivity contribution in [3.8, 4) is 6.07 Å². The highest BCUT2D eigenvalue weighted by molar-refractivity contribution is 4.95. The van der Waals surface area contributed by atoms with Gasteiger partial charge in [0.25, 0.3) is 0 Å². The first-order valence-corrected chi connectivity index (χ1v) is 4.70. The van der Waals surface area contributed by atoms with E-state index in [1.165, 1.54) is 12.8 Å². The lowest BCUT2D eigenvalue weighted by Gasteiger charge is -2.36. The van der Waals surface area contributed by atoms with Crippen LogP contribution in [0.5, 0.6) is 0 Å². The number of nitrogens with one attached hydrogen (secondary N) is 1. The molecule has 2 unspecified atom stereocenters. The van der Waals surface area contributed by atoms with Crippen LogP contribution < -0.4 is 5.32 Å². The molecule has 1 fully saturated rings. The van der Waals surface area contributed by atoms with E-state index in [0.29, 0.717) is 6.04 Å². The highest BCUT2D eigenvalue weighted by Crippen LogP contribution is 2.27. The molecule has 0 spiro atoms. The maximum absolute atomic E-state index is 8.77. The predicted molar refractivity (Wildman–Crippen MR) is 49.6 cm³/mol. The lowest BCUT2D eigenvalue weighted by Crippen LogP contribution is -2.45. The summed E-state index contributed by atoms with van der Waals surface area (Å²) in [7, 11) is 0. The molecule has 1 saturated carbocycles. The maximum atomic E-state index is 8.77. The SMILES string of the molecule is CC1CCC1NCC(C)(C)C#N. The smallest absolute Gasteiger partial charge is 0.0697 e. The van der Waals surface area contributed by atoms with Gasteiger partial charge in [-0.15, -0.1) is 0 Å². The summed E-state index contributed by atoms with van der Waals surface area (Å²) in [6, 6.07) is 2.96. The zero-order valence-electron chi connectivity index (χ0n) is 8.22. The van der Waals surface area contributed by atoms with Crippen LogP contribution in [0, 0.1) is 22.7 Å². The summed E-state index contributed by atoms with van der Waals surface area (Å²) in [6.07, 6.45) is 2.62. The predicted octanol–water partition coefficient (Wildman–Crippen LogP) is 1.92. The molecule has 1 rings (SSSR count). The third-order valence-electron chi connectivity index (χ3n) is 2.73. The van der Waals surface area contributed by atoms with Gasteiger partial charge in [-0.2, -0.15) is 5.26 Å². The van der Waals surface area contributed by atoms with Crippen molar-refractivity contribution in [2.24, 2.45) is 11.3 Å². The molecule has 1 aliphatic carbocycles. The fraction of sp³-hybridized carbons (Fsp3) is 0.900. The van der Waals surface area contributed by atoms with Crippen LogP contribution in [0.15, 0.2) is 0 Å². The molecular formula is C10H18N2. The molecular weight excluding hydrogens is 148 g/mol. The quantitative estimate of drug-likeness (QED) is 0.695. The van der Waals surface area contributed by atoms with Crippen molar-refractivity contribution < 1.29 is 0 Å². The van der Waals surface area contributed by atoms with Crippen molar-refractivity contribution in [3.63, 3.8) is 0 Å². The molecule has 0 bridgehead atoms. The van der Waals surface area contributed by atoms with Crippen LogP contribution in [-0.4, -0.2) is 12.6 Å². The summed E-state index contributed by atoms with van der Waals surface area (Å²) in [4.78, 5) is 0. The molecule has 0 aliphatic heterocycles. The third-order valence-corrected chi connectivity index (χ3v) is 2.73. The number of hydrogen-bond donors (Lipinski definition) is 1. The molecule has 0 radical (unpaired) electrons. The van der Waals surface area contributed by atoms with Crippen LogP contribution in [0.25, 0.3) is 0 Å². The average molecular weight is 166 g/mol. The Morgan fingerprint density at radius 2 is 2.17 bits per heavy atom. The maximum Gasteiger partial charge on any atom is 0.0697 e. The van der Waals surface area contributed by atoms with E-state index in [2.05, 4.69) is 18.3 Å². The van der Waals surface area contributed by atoms with E-state index >= 15 is 0 Å². The Hall–Kier alpha value is -0.550. The molecule has 0 amide bonds. The molecule has 2 atom stereocenters. The van der Waals surface area contributed by atoms with Gasteiger partial charge in [0.05, 0.1) is 11.5 Å². The molecule has 0 saturated heterocycles. The Morgan fingerprint density at radius 3 is 2.50 bits per heavy atom. The van der Waals surface area contributed by atoms with Gasteiger partial charge in [0.2, 0.25) is 0 Å². The molecule has 1 aliphatic rings. The van der Waals surface area contributed by atoms with Crippen molar-refractivity contribution >= 4 is 0 Å². The first-order chi connectivity index (χ1) is 5.55. The van der Waals surface area contributed by atoms with Gasteiger partial charge in [-0.3, -0.25) is 0 Å². The van der Waals surface area contributed by atoms with Crippen molar-refractivity contribution in [1.82, 2.24) is 5.32 Å². The van der Waals surface area contributed by atoms with Gasteiger partial charge in [-0.25, -0.2) is 0 Å². The van der Waals surface area contributed by atoms with Gasteiger partial charge in [0, 0.05) is 12.6 Å². The van der Waals surface area contributed by atoms with Gasteiger partial charge in [0.15, 0.2) is 0 Å². The van der Waals surface area contributed by atoms with Crippen LogP contribution in [0.2, 0.25) is 0 Å². The van der Waals surface area contributed by atoms with Crippen LogP contribution in [-0.2, 0) is 0 Å². The number of hydrogen-bond acceptors (Lipinski definition) is 2. The molecule has 2 nitrogen and oxygen atoms in total. The Morgan fingerprint density at radius 1 is 1.50 bits per heavy atom. The molecule has 1 N–H and O–H groups in total. The second-order valence-electron chi connectivity index (χ2n) is 4.54. The van der Waals surface area contributed by atoms with Crippen LogP contribution in [0.1, 0.15) is 33.6 Å². The molecule has 0 aromatic heterocycles. The lowest BCUT2D eigenvalue weighted by atomic mass is 9.80. The van der Waals surface area contributed by atoms with Crippen LogP contribution in [0.3, 0.4) is 0 Å². The van der Waals surface area contributed by atoms with E-state index in [0.717, 1.165) is 12.5 Å². The standard InChI is InChI=1S/C10H18N2/c1-8-4-5-9(8)12-7-10(2,3)6-11/h8-9,12H,4-5,7H2,1-3H3. The fourth-order valence-corrected chi connectivity index (χ4v) is 1.40. The summed E-state index contributed by atoms with van der Waals surface area (Å²) in [6.45, 7) is 7.03. The van der Waals surface area contributed by atoms with Crippen molar-refractivity contribution in [2.45, 2.75) is 39.7 Å². The van der Waals surface area contributed by atoms with E-state index in [9.17, 15) is 0 Å². The summed E-state index contributed by atoms with van der Waals surface area (Å²) < 4.78 is 0. The lowest BCUT2D eigenvalue weighted by molar-refractivity contribution is 0.214. The number of nitriles is 1. The molecule has 0 aromatic carbocycles. The molecule has 0 heterocycles. The molecule has 0 aromatic rings. The first kappa shape index (κ1) is 9.54. The van der Waals surface area contributed by atoms with Gasteiger partial charge in [-0.05, 0) is 32.6 Å². The molecule has 68 valence electrons. The topological polar surface area (TPSA) is 35.8 Å². The summed E-state index contributed by atoms with van der Waals surface area (Å²) >= 11 is 0. The zero-order chi connectivity index (χ0) is 9.19. The molecule has 12 heavy (non-hydrogen) atoms. The normalized spacial score (nSPS) is 29.2. The van der Waals surface area contributed by atoms with Crippen LogP contribution >= 0.6 is 0 Å². The van der Waals surface area contributed by atoms with E-state index < -0.39 is 0 Å². The fourth-order valence-electron chi connectivity index (χ4n) is 1.40. The van der Waals surface area contributed by atoms with E-state index in [1.807, 2.05) is 13.8 Å². The van der Waals surface area contributed by atoms with Crippen LogP contribution in [0.4, 0.5) is 0 Å². The Balaban J connectivity index is 2.22. The summed E-state index contributed by atoms with van der Waals surface area (Å²) in [5, 5.41) is 12.2. The van der Waals surface area contributed by atoms with Crippen molar-refractivity contribution in [3.05, 3.63) is 0 Å². The summed E-state index contributed by atoms with van der Waals surface area (Å²) in [5.41, 5.74) is -0.213. The Labute approximate surface area is 75.0 Å². The van der Waals surface area contributed by atoms with Gasteiger partial charge < -0.3 is 5.32 Å². The van der Waals surface area contributed by atoms with Crippen molar-refractivity contribution in [2.75, 3.05) is 6.54 Å².